The SMILES string of the molecule is CNC(CO)C(O)C(O)C(O)CO. The molecule has 4 atom stereocenters. The van der Waals surface area contributed by atoms with Gasteiger partial charge in [-0.3, -0.25) is 0 Å². The van der Waals surface area contributed by atoms with Crippen molar-refractivity contribution in [1.29, 1.82) is 0 Å². The Balaban J connectivity index is 4.13. The van der Waals surface area contributed by atoms with Gasteiger partial charge in [0.25, 0.3) is 0 Å². The minimum Gasteiger partial charge on any atom is -0.395 e. The molecule has 0 saturated heterocycles. The summed E-state index contributed by atoms with van der Waals surface area (Å²) in [6, 6.07) is -0.726. The highest BCUT2D eigenvalue weighted by Gasteiger charge is 2.29. The van der Waals surface area contributed by atoms with E-state index in [9.17, 15) is 10.2 Å². The van der Waals surface area contributed by atoms with Crippen LogP contribution in [0.5, 0.6) is 0 Å². The second-order valence-corrected chi connectivity index (χ2v) is 2.81. The molecule has 0 aliphatic heterocycles. The van der Waals surface area contributed by atoms with Gasteiger partial charge in [-0.2, -0.15) is 0 Å². The molecular formula is C7H17NO5. The summed E-state index contributed by atoms with van der Waals surface area (Å²) >= 11 is 0. The van der Waals surface area contributed by atoms with E-state index in [4.69, 9.17) is 15.3 Å². The second kappa shape index (κ2) is 6.25. The van der Waals surface area contributed by atoms with Crippen molar-refractivity contribution in [1.82, 2.24) is 5.32 Å². The van der Waals surface area contributed by atoms with Crippen molar-refractivity contribution in [2.75, 3.05) is 20.3 Å². The Morgan fingerprint density at radius 1 is 1.00 bits per heavy atom. The second-order valence-electron chi connectivity index (χ2n) is 2.81. The summed E-state index contributed by atoms with van der Waals surface area (Å²) < 4.78 is 0. The largest absolute Gasteiger partial charge is 0.395 e. The molecule has 4 unspecified atom stereocenters. The quantitative estimate of drug-likeness (QED) is 0.264. The molecule has 0 heterocycles. The first-order chi connectivity index (χ1) is 6.08. The van der Waals surface area contributed by atoms with Gasteiger partial charge in [-0.1, -0.05) is 0 Å². The number of hydrogen-bond donors (Lipinski definition) is 6. The van der Waals surface area contributed by atoms with E-state index >= 15 is 0 Å². The fourth-order valence-corrected chi connectivity index (χ4v) is 0.944. The average Bonchev–Trinajstić information content (AvgIpc) is 2.17. The summed E-state index contributed by atoms with van der Waals surface area (Å²) in [5.41, 5.74) is 0. The topological polar surface area (TPSA) is 113 Å². The van der Waals surface area contributed by atoms with E-state index < -0.39 is 31.0 Å². The summed E-state index contributed by atoms with van der Waals surface area (Å²) in [5, 5.41) is 47.3. The summed E-state index contributed by atoms with van der Waals surface area (Å²) in [6.07, 6.45) is -4.20. The van der Waals surface area contributed by atoms with E-state index in [0.29, 0.717) is 0 Å². The smallest absolute Gasteiger partial charge is 0.110 e. The van der Waals surface area contributed by atoms with Crippen molar-refractivity contribution in [2.24, 2.45) is 0 Å². The van der Waals surface area contributed by atoms with Crippen molar-refractivity contribution in [3.05, 3.63) is 0 Å². The molecule has 0 aliphatic carbocycles. The van der Waals surface area contributed by atoms with Gasteiger partial charge in [0.05, 0.1) is 25.4 Å². The number of aliphatic hydroxyl groups is 5. The molecule has 0 amide bonds. The monoisotopic (exact) mass is 195 g/mol. The lowest BCUT2D eigenvalue weighted by Gasteiger charge is -2.27. The molecule has 0 radical (unpaired) electrons. The van der Waals surface area contributed by atoms with E-state index in [2.05, 4.69) is 5.32 Å². The zero-order valence-corrected chi connectivity index (χ0v) is 7.46. The molecule has 0 saturated carbocycles. The average molecular weight is 195 g/mol. The van der Waals surface area contributed by atoms with Crippen LogP contribution in [0.2, 0.25) is 0 Å². The van der Waals surface area contributed by atoms with Gasteiger partial charge in [0, 0.05) is 0 Å². The van der Waals surface area contributed by atoms with Gasteiger partial charge in [0.15, 0.2) is 0 Å². The summed E-state index contributed by atoms with van der Waals surface area (Å²) in [5.74, 6) is 0. The molecular weight excluding hydrogens is 178 g/mol. The Kier molecular flexibility index (Phi) is 6.13. The fraction of sp³-hybridized carbons (Fsp3) is 1.00. The van der Waals surface area contributed by atoms with Crippen molar-refractivity contribution in [3.8, 4) is 0 Å². The van der Waals surface area contributed by atoms with Crippen LogP contribution >= 0.6 is 0 Å². The van der Waals surface area contributed by atoms with Crippen LogP contribution in [0.1, 0.15) is 0 Å². The number of rotatable bonds is 6. The van der Waals surface area contributed by atoms with Crippen LogP contribution in [-0.4, -0.2) is 70.1 Å². The molecule has 0 aliphatic rings. The van der Waals surface area contributed by atoms with Gasteiger partial charge >= 0.3 is 0 Å². The molecule has 0 spiro atoms. The first kappa shape index (κ1) is 12.8. The van der Waals surface area contributed by atoms with Crippen LogP contribution < -0.4 is 5.32 Å². The summed E-state index contributed by atoms with van der Waals surface area (Å²) in [4.78, 5) is 0. The predicted octanol–water partition coefficient (Wildman–Crippen LogP) is -3.36. The Morgan fingerprint density at radius 3 is 1.85 bits per heavy atom. The number of aliphatic hydroxyl groups excluding tert-OH is 5. The van der Waals surface area contributed by atoms with E-state index in [0.717, 1.165) is 0 Å². The van der Waals surface area contributed by atoms with Crippen LogP contribution in [0.3, 0.4) is 0 Å². The third-order valence-corrected chi connectivity index (χ3v) is 1.91. The molecule has 0 bridgehead atoms. The van der Waals surface area contributed by atoms with E-state index in [1.54, 1.807) is 0 Å². The minimum absolute atomic E-state index is 0.368. The Hall–Kier alpha value is -0.240. The van der Waals surface area contributed by atoms with E-state index in [-0.39, 0.29) is 6.61 Å². The molecule has 0 aromatic rings. The normalized spacial score (nSPS) is 20.8. The first-order valence-electron chi connectivity index (χ1n) is 4.01. The maximum absolute atomic E-state index is 9.34. The van der Waals surface area contributed by atoms with Gasteiger partial charge < -0.3 is 30.8 Å². The van der Waals surface area contributed by atoms with Crippen LogP contribution in [-0.2, 0) is 0 Å². The molecule has 0 rings (SSSR count). The number of nitrogens with one attached hydrogen (secondary N) is 1. The van der Waals surface area contributed by atoms with Crippen molar-refractivity contribution in [2.45, 2.75) is 24.4 Å². The highest BCUT2D eigenvalue weighted by molar-refractivity contribution is 4.83. The van der Waals surface area contributed by atoms with Gasteiger partial charge in [-0.25, -0.2) is 0 Å². The van der Waals surface area contributed by atoms with Crippen molar-refractivity contribution in [3.63, 3.8) is 0 Å². The molecule has 0 aromatic carbocycles. The molecule has 6 nitrogen and oxygen atoms in total. The van der Waals surface area contributed by atoms with Crippen LogP contribution in [0.4, 0.5) is 0 Å². The zero-order valence-electron chi connectivity index (χ0n) is 7.46. The minimum atomic E-state index is -1.48. The Labute approximate surface area is 76.4 Å². The van der Waals surface area contributed by atoms with Gasteiger partial charge in [0.2, 0.25) is 0 Å². The first-order valence-corrected chi connectivity index (χ1v) is 4.01. The summed E-state index contributed by atoms with van der Waals surface area (Å²) in [6.45, 7) is -1.01. The highest BCUT2D eigenvalue weighted by Crippen LogP contribution is 2.04. The van der Waals surface area contributed by atoms with Gasteiger partial charge in [-0.15, -0.1) is 0 Å². The molecule has 6 heteroatoms. The maximum Gasteiger partial charge on any atom is 0.110 e. The maximum atomic E-state index is 9.34. The van der Waals surface area contributed by atoms with Gasteiger partial charge in [0.1, 0.15) is 12.2 Å². The van der Waals surface area contributed by atoms with Gasteiger partial charge in [-0.05, 0) is 7.05 Å². The lowest BCUT2D eigenvalue weighted by molar-refractivity contribution is -0.0908. The van der Waals surface area contributed by atoms with Crippen LogP contribution in [0.25, 0.3) is 0 Å². The molecule has 0 aromatic heterocycles. The predicted molar refractivity (Wildman–Crippen MR) is 45.0 cm³/mol. The van der Waals surface area contributed by atoms with E-state index in [1.807, 2.05) is 0 Å². The Morgan fingerprint density at radius 2 is 1.54 bits per heavy atom. The van der Waals surface area contributed by atoms with E-state index in [1.165, 1.54) is 7.05 Å². The molecule has 80 valence electrons. The van der Waals surface area contributed by atoms with Crippen molar-refractivity contribution >= 4 is 0 Å². The Bertz CT molecular complexity index is 130. The highest BCUT2D eigenvalue weighted by atomic mass is 16.4. The van der Waals surface area contributed by atoms with Crippen LogP contribution in [0.15, 0.2) is 0 Å². The lowest BCUT2D eigenvalue weighted by atomic mass is 10.0. The fourth-order valence-electron chi connectivity index (χ4n) is 0.944. The lowest BCUT2D eigenvalue weighted by Crippen LogP contribution is -2.51. The zero-order chi connectivity index (χ0) is 10.4. The van der Waals surface area contributed by atoms with Crippen LogP contribution in [0, 0.1) is 0 Å². The molecule has 13 heavy (non-hydrogen) atoms. The standard InChI is InChI=1S/C7H17NO5/c1-8-4(2-9)6(12)7(13)5(11)3-10/h4-13H,2-3H2,1H3. The number of hydrogen-bond acceptors (Lipinski definition) is 6. The number of likely N-dealkylation sites (N-methyl/N-ethyl adjacent to an activating group) is 1. The van der Waals surface area contributed by atoms with Crippen molar-refractivity contribution < 1.29 is 25.5 Å². The molecule has 0 fully saturated rings. The summed E-state index contributed by atoms with van der Waals surface area (Å²) in [7, 11) is 1.50. The third-order valence-electron chi connectivity index (χ3n) is 1.91. The third kappa shape index (κ3) is 3.55. The molecule has 6 N–H and O–H groups in total.